The van der Waals surface area contributed by atoms with Crippen molar-refractivity contribution in [2.75, 3.05) is 6.54 Å². The number of benzene rings is 1. The average molecular weight is 462 g/mol. The van der Waals surface area contributed by atoms with Crippen molar-refractivity contribution in [2.45, 2.75) is 51.2 Å². The molecule has 1 aliphatic heterocycles. The van der Waals surface area contributed by atoms with Crippen LogP contribution < -0.4 is 5.56 Å². The molecule has 3 heterocycles. The highest BCUT2D eigenvalue weighted by Crippen LogP contribution is 2.28. The number of fused-ring (bicyclic) bond motifs is 1. The summed E-state index contributed by atoms with van der Waals surface area (Å²) in [5.74, 6) is -0.410. The van der Waals surface area contributed by atoms with Crippen LogP contribution in [0.4, 0.5) is 0 Å². The maximum atomic E-state index is 13.0. The first-order valence-electron chi connectivity index (χ1n) is 9.92. The first-order chi connectivity index (χ1) is 14.7. The second-order valence-corrected chi connectivity index (χ2v) is 10.8. The predicted molar refractivity (Wildman–Crippen MR) is 118 cm³/mol. The van der Waals surface area contributed by atoms with Gasteiger partial charge in [-0.25, -0.2) is 13.4 Å². The number of hydrogen-bond acceptors (Lipinski definition) is 7. The van der Waals surface area contributed by atoms with Crippen LogP contribution in [0.5, 0.6) is 0 Å². The van der Waals surface area contributed by atoms with E-state index in [1.165, 1.54) is 15.6 Å². The van der Waals surface area contributed by atoms with Crippen molar-refractivity contribution in [1.82, 2.24) is 14.3 Å². The van der Waals surface area contributed by atoms with Gasteiger partial charge in [0.25, 0.3) is 5.56 Å². The number of ether oxygens (including phenoxy) is 1. The second-order valence-electron chi connectivity index (χ2n) is 7.67. The van der Waals surface area contributed by atoms with E-state index < -0.39 is 22.0 Å². The van der Waals surface area contributed by atoms with Gasteiger partial charge < -0.3 is 9.72 Å². The Bertz CT molecular complexity index is 1310. The number of aromatic nitrogens is 2. The summed E-state index contributed by atoms with van der Waals surface area (Å²) in [7, 11) is -3.81. The zero-order chi connectivity index (χ0) is 22.3. The number of carbonyl (C=O) groups excluding carboxylic acids is 1. The molecule has 3 aromatic rings. The van der Waals surface area contributed by atoms with Gasteiger partial charge >= 0.3 is 5.97 Å². The van der Waals surface area contributed by atoms with Crippen molar-refractivity contribution >= 4 is 37.5 Å². The Hall–Kier alpha value is -2.56. The summed E-state index contributed by atoms with van der Waals surface area (Å²) in [5.41, 5.74) is 1.56. The van der Waals surface area contributed by atoms with Gasteiger partial charge in [-0.1, -0.05) is 17.7 Å². The van der Waals surface area contributed by atoms with E-state index in [4.69, 9.17) is 4.74 Å². The first-order valence-corrected chi connectivity index (χ1v) is 12.2. The summed E-state index contributed by atoms with van der Waals surface area (Å²) in [6.45, 7) is 5.69. The lowest BCUT2D eigenvalue weighted by atomic mass is 10.2. The number of aromatic amines is 1. The number of hydrogen-bond donors (Lipinski definition) is 1. The topological polar surface area (TPSA) is 109 Å². The number of nitrogens with one attached hydrogen (secondary N) is 1. The van der Waals surface area contributed by atoms with Gasteiger partial charge in [-0.15, -0.1) is 11.3 Å². The molecule has 2 aromatic heterocycles. The molecule has 1 fully saturated rings. The van der Waals surface area contributed by atoms with Crippen LogP contribution in [0.25, 0.3) is 10.2 Å². The Morgan fingerprint density at radius 2 is 1.97 bits per heavy atom. The fraction of sp³-hybridized carbons (Fsp3) is 0.381. The lowest BCUT2D eigenvalue weighted by molar-refractivity contribution is -0.149. The van der Waals surface area contributed by atoms with E-state index in [1.807, 2.05) is 20.8 Å². The van der Waals surface area contributed by atoms with E-state index in [0.29, 0.717) is 23.1 Å². The quantitative estimate of drug-likeness (QED) is 0.585. The molecule has 1 aliphatic rings. The van der Waals surface area contributed by atoms with E-state index in [0.717, 1.165) is 16.0 Å². The predicted octanol–water partition coefficient (Wildman–Crippen LogP) is 2.81. The molecule has 0 amide bonds. The normalized spacial score (nSPS) is 17.3. The van der Waals surface area contributed by atoms with Gasteiger partial charge in [0.05, 0.1) is 10.3 Å². The van der Waals surface area contributed by atoms with Crippen LogP contribution in [0, 0.1) is 20.8 Å². The number of nitrogens with zero attached hydrogens (tertiary/aromatic N) is 2. The van der Waals surface area contributed by atoms with Crippen molar-refractivity contribution in [3.63, 3.8) is 0 Å². The van der Waals surface area contributed by atoms with Crippen molar-refractivity contribution < 1.29 is 17.9 Å². The second kappa shape index (κ2) is 8.18. The van der Waals surface area contributed by atoms with Crippen molar-refractivity contribution in [3.8, 4) is 0 Å². The van der Waals surface area contributed by atoms with E-state index in [2.05, 4.69) is 9.97 Å². The molecule has 0 aliphatic carbocycles. The molecule has 1 atom stereocenters. The molecule has 4 rings (SSSR count). The molecule has 0 radical (unpaired) electrons. The number of carbonyl (C=O) groups is 1. The van der Waals surface area contributed by atoms with Crippen LogP contribution in [0.3, 0.4) is 0 Å². The summed E-state index contributed by atoms with van der Waals surface area (Å²) < 4.78 is 32.6. The maximum absolute atomic E-state index is 13.0. The molecule has 10 heteroatoms. The zero-order valence-electron chi connectivity index (χ0n) is 17.5. The number of sulfonamides is 1. The molecule has 0 saturated carbocycles. The average Bonchev–Trinajstić information content (AvgIpc) is 3.32. The standard InChI is InChI=1S/C21H23N3O5S2/c1-12-6-8-15(9-7-12)31(27,28)24-10-4-5-16(24)21(26)29-11-17-22-19(25)18-13(2)14(3)30-20(18)23-17/h6-9,16H,4-5,10-11H2,1-3H3,(H,22,23,25)/t16-/m0/s1. The lowest BCUT2D eigenvalue weighted by Gasteiger charge is -2.22. The summed E-state index contributed by atoms with van der Waals surface area (Å²) in [4.78, 5) is 33.9. The van der Waals surface area contributed by atoms with E-state index in [-0.39, 0.29) is 29.4 Å². The Morgan fingerprint density at radius 1 is 1.26 bits per heavy atom. The molecular formula is C21H23N3O5S2. The number of thiophene rings is 1. The number of aryl methyl sites for hydroxylation is 3. The van der Waals surface area contributed by atoms with Crippen molar-refractivity contribution in [3.05, 3.63) is 56.4 Å². The monoisotopic (exact) mass is 461 g/mol. The number of H-pyrrole nitrogens is 1. The van der Waals surface area contributed by atoms with Gasteiger partial charge in [-0.05, 0) is 51.3 Å². The van der Waals surface area contributed by atoms with Crippen molar-refractivity contribution in [2.24, 2.45) is 0 Å². The Morgan fingerprint density at radius 3 is 2.68 bits per heavy atom. The van der Waals surface area contributed by atoms with Crippen LogP contribution in [0.2, 0.25) is 0 Å². The van der Waals surface area contributed by atoms with Crippen LogP contribution in [0.15, 0.2) is 34.0 Å². The third-order valence-corrected chi connectivity index (χ3v) is 8.57. The van der Waals surface area contributed by atoms with Crippen molar-refractivity contribution in [1.29, 1.82) is 0 Å². The smallest absolute Gasteiger partial charge is 0.324 e. The van der Waals surface area contributed by atoms with E-state index in [1.54, 1.807) is 24.3 Å². The van der Waals surface area contributed by atoms with Gasteiger partial charge in [-0.2, -0.15) is 4.31 Å². The molecule has 0 spiro atoms. The first kappa shape index (κ1) is 21.7. The SMILES string of the molecule is Cc1ccc(S(=O)(=O)N2CCC[C@H]2C(=O)OCc2nc3sc(C)c(C)c3c(=O)[nH]2)cc1. The molecule has 164 valence electrons. The van der Waals surface area contributed by atoms with Gasteiger partial charge in [0.2, 0.25) is 10.0 Å². The van der Waals surface area contributed by atoms with Gasteiger partial charge in [0.1, 0.15) is 23.3 Å². The summed E-state index contributed by atoms with van der Waals surface area (Å²) in [6, 6.07) is 5.64. The van der Waals surface area contributed by atoms with Crippen LogP contribution in [0.1, 0.15) is 34.7 Å². The highest BCUT2D eigenvalue weighted by Gasteiger charge is 2.40. The van der Waals surface area contributed by atoms with Gasteiger partial charge in [0, 0.05) is 11.4 Å². The molecule has 8 nitrogen and oxygen atoms in total. The Labute approximate surface area is 183 Å². The number of rotatable bonds is 5. The van der Waals surface area contributed by atoms with Gasteiger partial charge in [0.15, 0.2) is 0 Å². The van der Waals surface area contributed by atoms with Crippen LogP contribution in [-0.4, -0.2) is 41.2 Å². The Kier molecular flexibility index (Phi) is 5.71. The highest BCUT2D eigenvalue weighted by atomic mass is 32.2. The Balaban J connectivity index is 1.51. The molecular weight excluding hydrogens is 438 g/mol. The fourth-order valence-corrected chi connectivity index (χ4v) is 6.41. The highest BCUT2D eigenvalue weighted by molar-refractivity contribution is 7.89. The third kappa shape index (κ3) is 4.02. The lowest BCUT2D eigenvalue weighted by Crippen LogP contribution is -2.41. The maximum Gasteiger partial charge on any atom is 0.324 e. The summed E-state index contributed by atoms with van der Waals surface area (Å²) >= 11 is 1.41. The molecule has 0 unspecified atom stereocenters. The molecule has 1 saturated heterocycles. The summed E-state index contributed by atoms with van der Waals surface area (Å²) in [5, 5.41) is 0.545. The minimum Gasteiger partial charge on any atom is -0.456 e. The minimum absolute atomic E-state index is 0.151. The molecule has 1 aromatic carbocycles. The fourth-order valence-electron chi connectivity index (χ4n) is 3.71. The molecule has 1 N–H and O–H groups in total. The van der Waals surface area contributed by atoms with Gasteiger partial charge in [-0.3, -0.25) is 9.59 Å². The summed E-state index contributed by atoms with van der Waals surface area (Å²) in [6.07, 6.45) is 0.954. The largest absolute Gasteiger partial charge is 0.456 e. The molecule has 0 bridgehead atoms. The molecule has 31 heavy (non-hydrogen) atoms. The van der Waals surface area contributed by atoms with Crippen LogP contribution >= 0.6 is 11.3 Å². The zero-order valence-corrected chi connectivity index (χ0v) is 19.1. The van der Waals surface area contributed by atoms with E-state index in [9.17, 15) is 18.0 Å². The van der Waals surface area contributed by atoms with E-state index >= 15 is 0 Å². The number of esters is 1. The minimum atomic E-state index is -3.81. The van der Waals surface area contributed by atoms with Crippen LogP contribution in [-0.2, 0) is 26.2 Å². The third-order valence-electron chi connectivity index (χ3n) is 5.54.